The van der Waals surface area contributed by atoms with Gasteiger partial charge in [-0.05, 0) is 31.2 Å². The van der Waals surface area contributed by atoms with E-state index in [-0.39, 0.29) is 35.0 Å². The van der Waals surface area contributed by atoms with E-state index in [2.05, 4.69) is 0 Å². The summed E-state index contributed by atoms with van der Waals surface area (Å²) in [5.41, 5.74) is 5.50. The van der Waals surface area contributed by atoms with E-state index in [1.54, 1.807) is 20.9 Å². The van der Waals surface area contributed by atoms with Gasteiger partial charge in [-0.1, -0.05) is 6.92 Å². The summed E-state index contributed by atoms with van der Waals surface area (Å²) in [4.78, 5) is 13.6. The second-order valence-corrected chi connectivity index (χ2v) is 7.20. The monoisotopic (exact) mass is 352 g/mol. The van der Waals surface area contributed by atoms with Crippen molar-refractivity contribution in [2.45, 2.75) is 24.8 Å². The number of carbonyl (C=O) groups is 1. The molecule has 0 aliphatic carbocycles. The van der Waals surface area contributed by atoms with Crippen LogP contribution in [0.3, 0.4) is 0 Å². The maximum absolute atomic E-state index is 12.8. The van der Waals surface area contributed by atoms with Crippen molar-refractivity contribution in [1.82, 2.24) is 4.90 Å². The highest BCUT2D eigenvalue weighted by atomic mass is 35.5. The molecule has 0 heterocycles. The predicted octanol–water partition coefficient (Wildman–Crippen LogP) is 1.46. The summed E-state index contributed by atoms with van der Waals surface area (Å²) >= 11 is 0. The average Bonchev–Trinajstić information content (AvgIpc) is 2.44. The Bertz CT molecular complexity index is 593. The highest BCUT2D eigenvalue weighted by Gasteiger charge is 2.26. The van der Waals surface area contributed by atoms with Gasteiger partial charge in [0, 0.05) is 25.6 Å². The van der Waals surface area contributed by atoms with Crippen LogP contribution in [0.2, 0.25) is 0 Å². The number of amides is 1. The van der Waals surface area contributed by atoms with Gasteiger partial charge < -0.3 is 10.6 Å². The van der Waals surface area contributed by atoms with E-state index in [9.17, 15) is 17.6 Å². The average molecular weight is 353 g/mol. The van der Waals surface area contributed by atoms with Gasteiger partial charge in [-0.25, -0.2) is 12.8 Å². The number of hydrogen-bond donors (Lipinski definition) is 1. The Hall–Kier alpha value is -1.18. The number of sulfone groups is 1. The molecular weight excluding hydrogens is 331 g/mol. The smallest absolute Gasteiger partial charge is 0.226 e. The molecule has 2 atom stereocenters. The maximum Gasteiger partial charge on any atom is 0.226 e. The molecule has 0 saturated carbocycles. The quantitative estimate of drug-likeness (QED) is 0.786. The van der Waals surface area contributed by atoms with Gasteiger partial charge in [0.25, 0.3) is 0 Å². The third kappa shape index (κ3) is 5.23. The van der Waals surface area contributed by atoms with Crippen LogP contribution < -0.4 is 5.73 Å². The first-order valence-corrected chi connectivity index (χ1v) is 8.29. The highest BCUT2D eigenvalue weighted by molar-refractivity contribution is 7.91. The molecule has 0 spiro atoms. The Morgan fingerprint density at radius 3 is 2.23 bits per heavy atom. The molecule has 1 aromatic carbocycles. The number of likely N-dealkylation sites (N-methyl/N-ethyl adjacent to an activating group) is 1. The van der Waals surface area contributed by atoms with E-state index in [4.69, 9.17) is 5.73 Å². The number of hydrogen-bond acceptors (Lipinski definition) is 4. The standard InChI is InChI=1S/C14H21FN2O3S.ClH/c1-10(14(18)17(3)11(2)8-16)9-21(19,20)13-6-4-12(15)5-7-13;/h4-7,10-11H,8-9,16H2,1-3H3;1H. The van der Waals surface area contributed by atoms with E-state index < -0.39 is 21.6 Å². The number of benzene rings is 1. The molecule has 126 valence electrons. The fourth-order valence-electron chi connectivity index (χ4n) is 1.86. The molecule has 1 amide bonds. The summed E-state index contributed by atoms with van der Waals surface area (Å²) < 4.78 is 37.2. The zero-order valence-electron chi connectivity index (χ0n) is 12.8. The minimum absolute atomic E-state index is 0. The first-order chi connectivity index (χ1) is 9.69. The number of rotatable bonds is 6. The first kappa shape index (κ1) is 20.8. The van der Waals surface area contributed by atoms with E-state index in [1.807, 2.05) is 0 Å². The minimum Gasteiger partial charge on any atom is -0.342 e. The number of carbonyl (C=O) groups excluding carboxylic acids is 1. The topological polar surface area (TPSA) is 80.5 Å². The summed E-state index contributed by atoms with van der Waals surface area (Å²) in [6.45, 7) is 3.65. The Morgan fingerprint density at radius 2 is 1.77 bits per heavy atom. The molecule has 0 aliphatic rings. The van der Waals surface area contributed by atoms with Crippen molar-refractivity contribution in [3.63, 3.8) is 0 Å². The highest BCUT2D eigenvalue weighted by Crippen LogP contribution is 2.16. The van der Waals surface area contributed by atoms with Crippen LogP contribution in [0.5, 0.6) is 0 Å². The van der Waals surface area contributed by atoms with E-state index >= 15 is 0 Å². The lowest BCUT2D eigenvalue weighted by Gasteiger charge is -2.26. The van der Waals surface area contributed by atoms with Crippen molar-refractivity contribution in [1.29, 1.82) is 0 Å². The summed E-state index contributed by atoms with van der Waals surface area (Å²) in [6, 6.07) is 4.42. The third-order valence-corrected chi connectivity index (χ3v) is 5.34. The maximum atomic E-state index is 12.8. The van der Waals surface area contributed by atoms with Crippen molar-refractivity contribution in [3.8, 4) is 0 Å². The van der Waals surface area contributed by atoms with Gasteiger partial charge in [0.1, 0.15) is 5.82 Å². The zero-order chi connectivity index (χ0) is 16.2. The Labute approximate surface area is 137 Å². The van der Waals surface area contributed by atoms with Gasteiger partial charge in [0.15, 0.2) is 9.84 Å². The molecule has 2 N–H and O–H groups in total. The predicted molar refractivity (Wildman–Crippen MR) is 86.2 cm³/mol. The van der Waals surface area contributed by atoms with Crippen LogP contribution in [-0.2, 0) is 14.6 Å². The molecule has 22 heavy (non-hydrogen) atoms. The van der Waals surface area contributed by atoms with Crippen LogP contribution in [0.15, 0.2) is 29.2 Å². The van der Waals surface area contributed by atoms with Crippen LogP contribution in [0.25, 0.3) is 0 Å². The summed E-state index contributed by atoms with van der Waals surface area (Å²) in [6.07, 6.45) is 0. The SMILES string of the molecule is CC(CS(=O)(=O)c1ccc(F)cc1)C(=O)N(C)C(C)CN.Cl. The summed E-state index contributed by atoms with van der Waals surface area (Å²) in [5, 5.41) is 0. The zero-order valence-corrected chi connectivity index (χ0v) is 14.5. The molecule has 1 rings (SSSR count). The van der Waals surface area contributed by atoms with Crippen molar-refractivity contribution in [2.75, 3.05) is 19.3 Å². The minimum atomic E-state index is -3.63. The second kappa shape index (κ2) is 8.45. The van der Waals surface area contributed by atoms with Crippen LogP contribution in [0, 0.1) is 11.7 Å². The molecule has 0 aliphatic heterocycles. The fourth-order valence-corrected chi connectivity index (χ4v) is 3.41. The molecule has 0 aromatic heterocycles. The third-order valence-electron chi connectivity index (χ3n) is 3.41. The van der Waals surface area contributed by atoms with Gasteiger partial charge in [0.05, 0.1) is 10.6 Å². The van der Waals surface area contributed by atoms with E-state index in [0.717, 1.165) is 12.1 Å². The molecule has 0 fully saturated rings. The molecule has 0 bridgehead atoms. The van der Waals surface area contributed by atoms with Gasteiger partial charge in [-0.2, -0.15) is 0 Å². The van der Waals surface area contributed by atoms with Gasteiger partial charge in [-0.3, -0.25) is 4.79 Å². The number of halogens is 2. The first-order valence-electron chi connectivity index (χ1n) is 6.64. The molecule has 5 nitrogen and oxygen atoms in total. The van der Waals surface area contributed by atoms with Crippen LogP contribution in [0.4, 0.5) is 4.39 Å². The Balaban J connectivity index is 0.00000441. The van der Waals surface area contributed by atoms with Crippen molar-refractivity contribution < 1.29 is 17.6 Å². The lowest BCUT2D eigenvalue weighted by molar-refractivity contribution is -0.134. The molecule has 0 radical (unpaired) electrons. The van der Waals surface area contributed by atoms with E-state index in [1.165, 1.54) is 17.0 Å². The van der Waals surface area contributed by atoms with Gasteiger partial charge in [0.2, 0.25) is 5.91 Å². The number of nitrogens with zero attached hydrogens (tertiary/aromatic N) is 1. The molecular formula is C14H22ClFN2O3S. The molecule has 0 saturated heterocycles. The Morgan fingerprint density at radius 1 is 1.27 bits per heavy atom. The van der Waals surface area contributed by atoms with Crippen LogP contribution >= 0.6 is 12.4 Å². The normalized spacial score (nSPS) is 13.9. The summed E-state index contributed by atoms with van der Waals surface area (Å²) in [7, 11) is -2.03. The van der Waals surface area contributed by atoms with Crippen molar-refractivity contribution in [3.05, 3.63) is 30.1 Å². The van der Waals surface area contributed by atoms with Gasteiger partial charge in [-0.15, -0.1) is 12.4 Å². The lowest BCUT2D eigenvalue weighted by Crippen LogP contribution is -2.43. The lowest BCUT2D eigenvalue weighted by atomic mass is 10.1. The largest absolute Gasteiger partial charge is 0.342 e. The second-order valence-electron chi connectivity index (χ2n) is 5.17. The molecule has 1 aromatic rings. The van der Waals surface area contributed by atoms with E-state index in [0.29, 0.717) is 6.54 Å². The fraction of sp³-hybridized carbons (Fsp3) is 0.500. The van der Waals surface area contributed by atoms with Crippen LogP contribution in [0.1, 0.15) is 13.8 Å². The van der Waals surface area contributed by atoms with Gasteiger partial charge >= 0.3 is 0 Å². The van der Waals surface area contributed by atoms with Crippen molar-refractivity contribution in [2.24, 2.45) is 11.7 Å². The Kier molecular flexibility index (Phi) is 8.00. The van der Waals surface area contributed by atoms with Crippen molar-refractivity contribution >= 4 is 28.2 Å². The van der Waals surface area contributed by atoms with Crippen LogP contribution in [-0.4, -0.2) is 44.6 Å². The molecule has 2 unspecified atom stereocenters. The number of nitrogens with two attached hydrogens (primary N) is 1. The summed E-state index contributed by atoms with van der Waals surface area (Å²) in [5.74, 6) is -1.80. The molecule has 8 heteroatoms.